The molecule has 1 heterocycles. The zero-order chi connectivity index (χ0) is 14.9. The molecule has 0 unspecified atom stereocenters. The molecular formula is C14H12BrN3O2. The van der Waals surface area contributed by atoms with E-state index in [-0.39, 0.29) is 17.1 Å². The highest BCUT2D eigenvalue weighted by molar-refractivity contribution is 9.10. The number of nitriles is 1. The van der Waals surface area contributed by atoms with Gasteiger partial charge in [-0.1, -0.05) is 0 Å². The summed E-state index contributed by atoms with van der Waals surface area (Å²) in [4.78, 5) is 16.8. The van der Waals surface area contributed by atoms with Gasteiger partial charge in [0, 0.05) is 31.2 Å². The van der Waals surface area contributed by atoms with Gasteiger partial charge < -0.3 is 15.0 Å². The number of halogens is 1. The molecule has 1 aromatic carbocycles. The molecule has 20 heavy (non-hydrogen) atoms. The molecule has 6 heteroatoms. The summed E-state index contributed by atoms with van der Waals surface area (Å²) in [6, 6.07) is 6.74. The lowest BCUT2D eigenvalue weighted by Crippen LogP contribution is -2.09. The third kappa shape index (κ3) is 2.68. The molecule has 0 fully saturated rings. The second-order valence-corrected chi connectivity index (χ2v) is 5.38. The fraction of sp³-hybridized carbons (Fsp3) is 0.143. The summed E-state index contributed by atoms with van der Waals surface area (Å²) in [5, 5.41) is 19.4. The van der Waals surface area contributed by atoms with Gasteiger partial charge >= 0.3 is 0 Å². The van der Waals surface area contributed by atoms with Crippen LogP contribution in [0.2, 0.25) is 0 Å². The number of aromatic amines is 1. The monoisotopic (exact) mass is 333 g/mol. The third-order valence-electron chi connectivity index (χ3n) is 2.69. The molecule has 102 valence electrons. The van der Waals surface area contributed by atoms with Crippen molar-refractivity contribution in [2.45, 2.75) is 0 Å². The molecule has 2 rings (SSSR count). The van der Waals surface area contributed by atoms with Gasteiger partial charge in [-0.25, -0.2) is 0 Å². The third-order valence-corrected chi connectivity index (χ3v) is 3.32. The number of H-pyrrole nitrogens is 1. The molecule has 0 atom stereocenters. The van der Waals surface area contributed by atoms with Crippen molar-refractivity contribution in [1.82, 2.24) is 9.88 Å². The topological polar surface area (TPSA) is 80.1 Å². The zero-order valence-corrected chi connectivity index (χ0v) is 12.5. The number of ketones is 1. The first kappa shape index (κ1) is 14.2. The number of hydrogen-bond donors (Lipinski definition) is 2. The van der Waals surface area contributed by atoms with Crippen LogP contribution < -0.4 is 0 Å². The first-order valence-electron chi connectivity index (χ1n) is 5.76. The number of aromatic nitrogens is 1. The molecular weight excluding hydrogens is 322 g/mol. The highest BCUT2D eigenvalue weighted by Crippen LogP contribution is 2.29. The summed E-state index contributed by atoms with van der Waals surface area (Å²) >= 11 is 3.21. The number of nitrogens with zero attached hydrogens (tertiary/aromatic N) is 2. The number of allylic oxidation sites excluding steroid dienone is 1. The van der Waals surface area contributed by atoms with Gasteiger partial charge in [-0.05, 0) is 34.1 Å². The molecule has 2 N–H and O–H groups in total. The second-order valence-electron chi connectivity index (χ2n) is 4.52. The van der Waals surface area contributed by atoms with Crippen molar-refractivity contribution in [3.8, 4) is 11.8 Å². The molecule has 0 bridgehead atoms. The van der Waals surface area contributed by atoms with Crippen LogP contribution in [0.1, 0.15) is 10.5 Å². The zero-order valence-electron chi connectivity index (χ0n) is 10.9. The Balaban J connectivity index is 2.48. The number of rotatable bonds is 3. The van der Waals surface area contributed by atoms with Gasteiger partial charge in [0.1, 0.15) is 17.4 Å². The van der Waals surface area contributed by atoms with Crippen molar-refractivity contribution in [3.63, 3.8) is 0 Å². The van der Waals surface area contributed by atoms with E-state index in [2.05, 4.69) is 20.9 Å². The molecule has 0 aliphatic heterocycles. The lowest BCUT2D eigenvalue weighted by molar-refractivity contribution is 0.103. The van der Waals surface area contributed by atoms with Crippen molar-refractivity contribution >= 4 is 32.6 Å². The average molecular weight is 334 g/mol. The van der Waals surface area contributed by atoms with E-state index < -0.39 is 0 Å². The number of benzene rings is 1. The van der Waals surface area contributed by atoms with E-state index in [0.29, 0.717) is 21.1 Å². The number of hydrogen-bond acceptors (Lipinski definition) is 4. The molecule has 1 aromatic heterocycles. The normalized spacial score (nSPS) is 11.4. The van der Waals surface area contributed by atoms with Gasteiger partial charge in [0.2, 0.25) is 5.78 Å². The number of aromatic hydroxyl groups is 1. The van der Waals surface area contributed by atoms with Gasteiger partial charge in [-0.15, -0.1) is 0 Å². The number of nitrogens with one attached hydrogen (secondary N) is 1. The summed E-state index contributed by atoms with van der Waals surface area (Å²) in [5.41, 5.74) is 1.07. The van der Waals surface area contributed by atoms with Crippen molar-refractivity contribution in [3.05, 3.63) is 40.1 Å². The molecule has 0 amide bonds. The van der Waals surface area contributed by atoms with E-state index in [9.17, 15) is 9.90 Å². The Kier molecular flexibility index (Phi) is 3.81. The van der Waals surface area contributed by atoms with E-state index in [1.54, 1.807) is 37.2 Å². The Hall–Kier alpha value is -2.26. The van der Waals surface area contributed by atoms with E-state index >= 15 is 0 Å². The number of phenolic OH excluding ortho intramolecular Hbond substituents is 1. The van der Waals surface area contributed by atoms with Crippen LogP contribution in [-0.4, -0.2) is 34.9 Å². The minimum atomic E-state index is -0.381. The fourth-order valence-electron chi connectivity index (χ4n) is 1.81. The second kappa shape index (κ2) is 5.39. The maximum absolute atomic E-state index is 12.2. The summed E-state index contributed by atoms with van der Waals surface area (Å²) in [6.07, 6.45) is 1.47. The Morgan fingerprint density at radius 3 is 2.75 bits per heavy atom. The highest BCUT2D eigenvalue weighted by atomic mass is 79.9. The Labute approximate surface area is 124 Å². The van der Waals surface area contributed by atoms with E-state index in [0.717, 1.165) is 0 Å². The summed E-state index contributed by atoms with van der Waals surface area (Å²) in [6.45, 7) is 0. The Morgan fingerprint density at radius 1 is 1.45 bits per heavy atom. The molecule has 0 aliphatic carbocycles. The number of Topliss-reactive ketones (excluding diaryl/α,β-unsaturated/α-hetero) is 1. The van der Waals surface area contributed by atoms with Gasteiger partial charge in [-0.3, -0.25) is 4.79 Å². The van der Waals surface area contributed by atoms with Crippen molar-refractivity contribution < 1.29 is 9.90 Å². The van der Waals surface area contributed by atoms with Crippen LogP contribution in [-0.2, 0) is 0 Å². The van der Waals surface area contributed by atoms with Crippen molar-refractivity contribution in [2.24, 2.45) is 0 Å². The predicted molar refractivity (Wildman–Crippen MR) is 79.4 cm³/mol. The van der Waals surface area contributed by atoms with Crippen molar-refractivity contribution in [2.75, 3.05) is 14.1 Å². The van der Waals surface area contributed by atoms with Gasteiger partial charge in [0.25, 0.3) is 0 Å². The maximum atomic E-state index is 12.2. The van der Waals surface area contributed by atoms with Crippen molar-refractivity contribution in [1.29, 1.82) is 5.26 Å². The van der Waals surface area contributed by atoms with Crippen LogP contribution in [0.3, 0.4) is 0 Å². The molecule has 0 radical (unpaired) electrons. The van der Waals surface area contributed by atoms with Gasteiger partial charge in [0.05, 0.1) is 10.2 Å². The van der Waals surface area contributed by atoms with Crippen LogP contribution >= 0.6 is 15.9 Å². The lowest BCUT2D eigenvalue weighted by Gasteiger charge is -2.04. The SMILES string of the molecule is CN(C)C=C(C#N)C(=O)c1cc2cc(O)c(Br)cc2[nH]1. The summed E-state index contributed by atoms with van der Waals surface area (Å²) in [5.74, 6) is -0.284. The number of fused-ring (bicyclic) bond motifs is 1. The molecule has 5 nitrogen and oxygen atoms in total. The molecule has 0 saturated heterocycles. The predicted octanol–water partition coefficient (Wildman–Crippen LogP) is 2.79. The van der Waals surface area contributed by atoms with E-state index in [4.69, 9.17) is 5.26 Å². The van der Waals surface area contributed by atoms with Crippen LogP contribution in [0.25, 0.3) is 10.9 Å². The van der Waals surface area contributed by atoms with Gasteiger partial charge in [-0.2, -0.15) is 5.26 Å². The minimum Gasteiger partial charge on any atom is -0.507 e. The van der Waals surface area contributed by atoms with Crippen LogP contribution in [0.5, 0.6) is 5.75 Å². The molecule has 0 spiro atoms. The average Bonchev–Trinajstić information content (AvgIpc) is 2.78. The lowest BCUT2D eigenvalue weighted by atomic mass is 10.1. The number of phenols is 1. The van der Waals surface area contributed by atoms with Gasteiger partial charge in [0.15, 0.2) is 0 Å². The molecule has 2 aromatic rings. The van der Waals surface area contributed by atoms with E-state index in [1.807, 2.05) is 6.07 Å². The fourth-order valence-corrected chi connectivity index (χ4v) is 2.15. The first-order chi connectivity index (χ1) is 9.42. The summed E-state index contributed by atoms with van der Waals surface area (Å²) in [7, 11) is 3.48. The number of carbonyl (C=O) groups excluding carboxylic acids is 1. The quantitative estimate of drug-likeness (QED) is 0.514. The highest BCUT2D eigenvalue weighted by Gasteiger charge is 2.16. The molecule has 0 saturated carbocycles. The van der Waals surface area contributed by atoms with E-state index in [1.165, 1.54) is 6.20 Å². The van der Waals surface area contributed by atoms with Crippen LogP contribution in [0.15, 0.2) is 34.4 Å². The Morgan fingerprint density at radius 2 is 2.15 bits per heavy atom. The minimum absolute atomic E-state index is 0.0462. The summed E-state index contributed by atoms with van der Waals surface area (Å²) < 4.78 is 0.537. The smallest absolute Gasteiger partial charge is 0.221 e. The maximum Gasteiger partial charge on any atom is 0.221 e. The number of carbonyl (C=O) groups is 1. The van der Waals surface area contributed by atoms with Crippen LogP contribution in [0.4, 0.5) is 0 Å². The van der Waals surface area contributed by atoms with Crippen LogP contribution in [0, 0.1) is 11.3 Å². The molecule has 0 aliphatic rings. The standard InChI is InChI=1S/C14H12BrN3O2/c1-18(2)7-9(6-16)14(20)12-3-8-4-13(19)10(15)5-11(8)17-12/h3-5,7,17,19H,1-2H3. The first-order valence-corrected chi connectivity index (χ1v) is 6.56. The largest absolute Gasteiger partial charge is 0.507 e. The Bertz CT molecular complexity index is 715.